The number of aliphatic hydroxyl groups is 1. The summed E-state index contributed by atoms with van der Waals surface area (Å²) in [6, 6.07) is 0. The van der Waals surface area contributed by atoms with Gasteiger partial charge in [-0.05, 0) is 83.5 Å². The van der Waals surface area contributed by atoms with Gasteiger partial charge in [0.25, 0.3) is 0 Å². The van der Waals surface area contributed by atoms with Crippen LogP contribution in [0.25, 0.3) is 0 Å². The van der Waals surface area contributed by atoms with Crippen molar-refractivity contribution in [3.8, 4) is 0 Å². The summed E-state index contributed by atoms with van der Waals surface area (Å²) in [6.07, 6.45) is 61.8. The number of carbonyl (C=O) groups excluding carboxylic acids is 3. The Hall–Kier alpha value is -2.82. The van der Waals surface area contributed by atoms with Gasteiger partial charge in [0.1, 0.15) is 12.7 Å². The number of hydrogen-bond acceptors (Lipinski definition) is 10. The smallest absolute Gasteiger partial charge is 0.462 e. The molecule has 0 fully saturated rings. The topological polar surface area (TPSA) is 155 Å². The Balaban J connectivity index is 4.70. The van der Waals surface area contributed by atoms with Crippen molar-refractivity contribution >= 4 is 25.7 Å². The lowest BCUT2D eigenvalue weighted by Gasteiger charge is -2.21. The highest BCUT2D eigenvalue weighted by Crippen LogP contribution is 2.43. The van der Waals surface area contributed by atoms with Crippen LogP contribution in [0.4, 0.5) is 0 Å². The molecule has 0 aliphatic rings. The predicted octanol–water partition coefficient (Wildman–Crippen LogP) is 17.9. The van der Waals surface area contributed by atoms with Crippen molar-refractivity contribution in [3.63, 3.8) is 0 Å². The van der Waals surface area contributed by atoms with Crippen LogP contribution >= 0.6 is 7.82 Å². The molecule has 0 aromatic rings. The van der Waals surface area contributed by atoms with E-state index in [1.54, 1.807) is 0 Å². The predicted molar refractivity (Wildman–Crippen MR) is 307 cm³/mol. The zero-order valence-electron chi connectivity index (χ0n) is 47.6. The minimum atomic E-state index is -4.75. The standard InChI is InChI=1S/C62H111O11P/c1-4-7-10-13-16-19-22-25-27-28-29-30-32-35-38-41-44-47-50-53-62(66)73-59(55-69-60(64)51-48-45-42-39-36-33-24-21-18-15-12-9-6-3)57-71-74(67,68)70-56-58(54-63)72-61(65)52-49-46-43-40-37-34-31-26-23-20-17-14-11-8-5-2/h9,12,16,18-19,21,25,27,33,36,58-59,63H,4-8,10-11,13-15,17,20,22-24,26,28-32,34-35,37-57H2,1-3H3,(H,67,68)/b12-9-,19-16-,21-18-,27-25-,36-33-. The number of ether oxygens (including phenoxy) is 3. The van der Waals surface area contributed by atoms with Crippen LogP contribution in [0.1, 0.15) is 278 Å². The first-order valence-corrected chi connectivity index (χ1v) is 31.7. The monoisotopic (exact) mass is 1060 g/mol. The average molecular weight is 1060 g/mol. The third-order valence-corrected chi connectivity index (χ3v) is 13.9. The summed E-state index contributed by atoms with van der Waals surface area (Å²) in [5.41, 5.74) is 0. The Morgan fingerprint density at radius 2 is 0.703 bits per heavy atom. The van der Waals surface area contributed by atoms with E-state index in [9.17, 15) is 28.9 Å². The van der Waals surface area contributed by atoms with Gasteiger partial charge in [0.05, 0.1) is 19.8 Å². The number of unbranched alkanes of at least 4 members (excludes halogenated alkanes) is 29. The lowest BCUT2D eigenvalue weighted by atomic mass is 10.0. The molecule has 11 nitrogen and oxygen atoms in total. The molecule has 430 valence electrons. The lowest BCUT2D eigenvalue weighted by Crippen LogP contribution is -2.30. The van der Waals surface area contributed by atoms with Crippen LogP contribution < -0.4 is 0 Å². The molecule has 0 aromatic heterocycles. The maximum absolute atomic E-state index is 12.9. The molecule has 2 N–H and O–H groups in total. The van der Waals surface area contributed by atoms with Crippen LogP contribution in [-0.4, -0.2) is 66.5 Å². The molecule has 0 saturated heterocycles. The fourth-order valence-electron chi connectivity index (χ4n) is 8.34. The van der Waals surface area contributed by atoms with Crippen molar-refractivity contribution in [3.05, 3.63) is 60.8 Å². The Morgan fingerprint density at radius 1 is 0.392 bits per heavy atom. The van der Waals surface area contributed by atoms with Crippen molar-refractivity contribution in [2.75, 3.05) is 26.4 Å². The number of rotatable bonds is 56. The zero-order chi connectivity index (χ0) is 54.1. The lowest BCUT2D eigenvalue weighted by molar-refractivity contribution is -0.161. The number of phosphoric acid groups is 1. The summed E-state index contributed by atoms with van der Waals surface area (Å²) in [5.74, 6) is -1.49. The number of hydrogen-bond donors (Lipinski definition) is 2. The van der Waals surface area contributed by atoms with E-state index >= 15 is 0 Å². The van der Waals surface area contributed by atoms with E-state index in [1.165, 1.54) is 128 Å². The minimum Gasteiger partial charge on any atom is -0.462 e. The maximum atomic E-state index is 12.9. The molecular formula is C62H111O11P. The molecule has 0 bridgehead atoms. The minimum absolute atomic E-state index is 0.157. The fourth-order valence-corrected chi connectivity index (χ4v) is 9.13. The van der Waals surface area contributed by atoms with Crippen LogP contribution in [-0.2, 0) is 42.2 Å². The summed E-state index contributed by atoms with van der Waals surface area (Å²) in [5, 5.41) is 9.83. The summed E-state index contributed by atoms with van der Waals surface area (Å²) < 4.78 is 39.6. The van der Waals surface area contributed by atoms with Crippen molar-refractivity contribution in [1.29, 1.82) is 0 Å². The molecule has 74 heavy (non-hydrogen) atoms. The molecule has 0 radical (unpaired) electrons. The largest absolute Gasteiger partial charge is 0.472 e. The van der Waals surface area contributed by atoms with Gasteiger partial charge >= 0.3 is 25.7 Å². The van der Waals surface area contributed by atoms with E-state index in [2.05, 4.69) is 81.5 Å². The molecule has 0 heterocycles. The molecule has 0 rings (SSSR count). The first-order chi connectivity index (χ1) is 36.2. The van der Waals surface area contributed by atoms with Crippen LogP contribution in [0, 0.1) is 0 Å². The summed E-state index contributed by atoms with van der Waals surface area (Å²) in [7, 11) is -4.75. The number of allylic oxidation sites excluding steroid dienone is 10. The van der Waals surface area contributed by atoms with Gasteiger partial charge in [-0.1, -0.05) is 236 Å². The van der Waals surface area contributed by atoms with Gasteiger partial charge in [-0.15, -0.1) is 0 Å². The second-order valence-electron chi connectivity index (χ2n) is 20.1. The molecule has 0 aromatic carbocycles. The summed E-state index contributed by atoms with van der Waals surface area (Å²) in [4.78, 5) is 48.6. The molecule has 0 spiro atoms. The molecule has 0 amide bonds. The first kappa shape index (κ1) is 71.2. The quantitative estimate of drug-likeness (QED) is 0.0197. The van der Waals surface area contributed by atoms with Gasteiger partial charge in [0, 0.05) is 19.3 Å². The molecule has 0 saturated carbocycles. The average Bonchev–Trinajstić information content (AvgIpc) is 3.39. The first-order valence-electron chi connectivity index (χ1n) is 30.2. The van der Waals surface area contributed by atoms with E-state index in [0.29, 0.717) is 19.3 Å². The molecular weight excluding hydrogens is 952 g/mol. The van der Waals surface area contributed by atoms with Crippen molar-refractivity contribution < 1.29 is 52.2 Å². The van der Waals surface area contributed by atoms with Gasteiger partial charge < -0.3 is 24.2 Å². The van der Waals surface area contributed by atoms with E-state index in [0.717, 1.165) is 89.9 Å². The number of carbonyl (C=O) groups is 3. The normalized spacial score (nSPS) is 13.7. The van der Waals surface area contributed by atoms with Gasteiger partial charge in [0.15, 0.2) is 6.10 Å². The van der Waals surface area contributed by atoms with Gasteiger partial charge in [-0.25, -0.2) is 4.57 Å². The molecule has 12 heteroatoms. The van der Waals surface area contributed by atoms with Crippen LogP contribution in [0.5, 0.6) is 0 Å². The number of phosphoric ester groups is 1. The van der Waals surface area contributed by atoms with Crippen molar-refractivity contribution in [2.45, 2.75) is 290 Å². The number of esters is 3. The third kappa shape index (κ3) is 54.0. The maximum Gasteiger partial charge on any atom is 0.472 e. The second-order valence-corrected chi connectivity index (χ2v) is 21.6. The zero-order valence-corrected chi connectivity index (χ0v) is 48.5. The van der Waals surface area contributed by atoms with E-state index in [-0.39, 0.29) is 25.9 Å². The summed E-state index contributed by atoms with van der Waals surface area (Å²) >= 11 is 0. The van der Waals surface area contributed by atoms with Gasteiger partial charge in [0.2, 0.25) is 0 Å². The van der Waals surface area contributed by atoms with Gasteiger partial charge in [-0.2, -0.15) is 0 Å². The molecule has 3 atom stereocenters. The van der Waals surface area contributed by atoms with Crippen LogP contribution in [0.2, 0.25) is 0 Å². The summed E-state index contributed by atoms with van der Waals surface area (Å²) in [6.45, 7) is 4.50. The Kier molecular flexibility index (Phi) is 54.2. The SMILES string of the molecule is CC/C=C\C/C=C\C/C=C\CCCCCC(=O)OCC(COP(=O)(O)OCC(CO)OC(=O)CCCCCCCCCCCCCCCCC)OC(=O)CCCCCCCCCCC/C=C\C/C=C\CCCCC. The van der Waals surface area contributed by atoms with Crippen molar-refractivity contribution in [1.82, 2.24) is 0 Å². The van der Waals surface area contributed by atoms with Crippen LogP contribution in [0.3, 0.4) is 0 Å². The second kappa shape index (κ2) is 56.4. The van der Waals surface area contributed by atoms with E-state index in [1.807, 2.05) is 0 Å². The highest BCUT2D eigenvalue weighted by atomic mass is 31.2. The molecule has 0 aliphatic heterocycles. The van der Waals surface area contributed by atoms with E-state index in [4.69, 9.17) is 23.3 Å². The Labute approximate surface area is 453 Å². The number of aliphatic hydroxyl groups excluding tert-OH is 1. The van der Waals surface area contributed by atoms with Crippen LogP contribution in [0.15, 0.2) is 60.8 Å². The van der Waals surface area contributed by atoms with Crippen molar-refractivity contribution in [2.24, 2.45) is 0 Å². The highest BCUT2D eigenvalue weighted by molar-refractivity contribution is 7.47. The van der Waals surface area contributed by atoms with Gasteiger partial charge in [-0.3, -0.25) is 23.4 Å². The molecule has 3 unspecified atom stereocenters. The highest BCUT2D eigenvalue weighted by Gasteiger charge is 2.28. The molecule has 0 aliphatic carbocycles. The Bertz CT molecular complexity index is 1470. The fraction of sp³-hybridized carbons (Fsp3) is 0.790. The third-order valence-electron chi connectivity index (χ3n) is 12.9. The Morgan fingerprint density at radius 3 is 1.12 bits per heavy atom. The van der Waals surface area contributed by atoms with E-state index < -0.39 is 57.8 Å².